The monoisotopic (exact) mass is 270 g/mol. The highest BCUT2D eigenvalue weighted by Gasteiger charge is 2.12. The van der Waals surface area contributed by atoms with Gasteiger partial charge >= 0.3 is 0 Å². The Morgan fingerprint density at radius 1 is 1.13 bits per heavy atom. The molecule has 0 amide bonds. The molecule has 0 aromatic heterocycles. The van der Waals surface area contributed by atoms with Gasteiger partial charge in [-0.2, -0.15) is 0 Å². The van der Waals surface area contributed by atoms with Crippen LogP contribution in [0.25, 0.3) is 10.8 Å². The third-order valence-corrected chi connectivity index (χ3v) is 2.99. The third kappa shape index (κ3) is 2.02. The predicted octanol–water partition coefficient (Wildman–Crippen LogP) is 4.67. The van der Waals surface area contributed by atoms with Gasteiger partial charge in [0.2, 0.25) is 0 Å². The standard InChI is InChI=1S/C12H9BrF2/c13-7-8-5-9-3-1-2-4-10(9)11(6-8)12(14)15/h1-6,12H,7H2. The lowest BCUT2D eigenvalue weighted by Gasteiger charge is -2.07. The van der Waals surface area contributed by atoms with Crippen molar-refractivity contribution >= 4 is 26.7 Å². The van der Waals surface area contributed by atoms with Crippen LogP contribution in [0.4, 0.5) is 8.78 Å². The van der Waals surface area contributed by atoms with Crippen molar-refractivity contribution in [1.82, 2.24) is 0 Å². The van der Waals surface area contributed by atoms with E-state index < -0.39 is 6.43 Å². The zero-order valence-corrected chi connectivity index (χ0v) is 9.47. The minimum Gasteiger partial charge on any atom is -0.205 e. The number of fused-ring (bicyclic) bond motifs is 1. The highest BCUT2D eigenvalue weighted by molar-refractivity contribution is 9.08. The first kappa shape index (κ1) is 10.6. The molecule has 2 aromatic carbocycles. The molecule has 2 rings (SSSR count). The molecule has 0 aliphatic carbocycles. The maximum Gasteiger partial charge on any atom is 0.264 e. The summed E-state index contributed by atoms with van der Waals surface area (Å²) in [6.45, 7) is 0. The van der Waals surface area contributed by atoms with Gasteiger partial charge in [0.25, 0.3) is 6.43 Å². The number of alkyl halides is 3. The molecular formula is C12H9BrF2. The number of hydrogen-bond donors (Lipinski definition) is 0. The maximum absolute atomic E-state index is 12.8. The molecule has 3 heteroatoms. The third-order valence-electron chi connectivity index (χ3n) is 2.34. The summed E-state index contributed by atoms with van der Waals surface area (Å²) in [5.41, 5.74) is 0.992. The van der Waals surface area contributed by atoms with Gasteiger partial charge in [-0.05, 0) is 22.4 Å². The van der Waals surface area contributed by atoms with E-state index in [0.717, 1.165) is 10.9 Å². The average Bonchev–Trinajstić information content (AvgIpc) is 2.27. The topological polar surface area (TPSA) is 0 Å². The molecule has 0 aliphatic heterocycles. The summed E-state index contributed by atoms with van der Waals surface area (Å²) >= 11 is 3.28. The van der Waals surface area contributed by atoms with Crippen LogP contribution in [0.1, 0.15) is 17.6 Å². The number of benzene rings is 2. The second-order valence-corrected chi connectivity index (χ2v) is 3.90. The van der Waals surface area contributed by atoms with Crippen LogP contribution in [0, 0.1) is 0 Å². The molecule has 0 unspecified atom stereocenters. The van der Waals surface area contributed by atoms with Crippen LogP contribution < -0.4 is 0 Å². The molecule has 0 nitrogen and oxygen atoms in total. The first-order valence-corrected chi connectivity index (χ1v) is 5.70. The second-order valence-electron chi connectivity index (χ2n) is 3.34. The Kier molecular flexibility index (Phi) is 3.00. The summed E-state index contributed by atoms with van der Waals surface area (Å²) in [7, 11) is 0. The van der Waals surface area contributed by atoms with E-state index in [1.807, 2.05) is 18.2 Å². The molecule has 2 aromatic rings. The highest BCUT2D eigenvalue weighted by atomic mass is 79.9. The quantitative estimate of drug-likeness (QED) is 0.696. The lowest BCUT2D eigenvalue weighted by molar-refractivity contribution is 0.153. The SMILES string of the molecule is FC(F)c1cc(CBr)cc2ccccc12. The Hall–Kier alpha value is -0.960. The fraction of sp³-hybridized carbons (Fsp3) is 0.167. The predicted molar refractivity (Wildman–Crippen MR) is 61.5 cm³/mol. The van der Waals surface area contributed by atoms with Crippen molar-refractivity contribution in [2.45, 2.75) is 11.8 Å². The average molecular weight is 271 g/mol. The lowest BCUT2D eigenvalue weighted by atomic mass is 10.0. The molecule has 0 saturated heterocycles. The van der Waals surface area contributed by atoms with Crippen molar-refractivity contribution in [2.75, 3.05) is 0 Å². The summed E-state index contributed by atoms with van der Waals surface area (Å²) in [5.74, 6) is 0. The van der Waals surface area contributed by atoms with Crippen molar-refractivity contribution in [3.05, 3.63) is 47.5 Å². The van der Waals surface area contributed by atoms with Crippen LogP contribution in [-0.4, -0.2) is 0 Å². The first-order chi connectivity index (χ1) is 7.22. The molecule has 0 saturated carbocycles. The maximum atomic E-state index is 12.8. The Morgan fingerprint density at radius 2 is 1.87 bits per heavy atom. The molecule has 0 fully saturated rings. The molecule has 0 N–H and O–H groups in total. The van der Waals surface area contributed by atoms with Gasteiger partial charge < -0.3 is 0 Å². The van der Waals surface area contributed by atoms with Crippen molar-refractivity contribution in [3.8, 4) is 0 Å². The van der Waals surface area contributed by atoms with Crippen molar-refractivity contribution in [3.63, 3.8) is 0 Å². The van der Waals surface area contributed by atoms with Gasteiger partial charge in [-0.3, -0.25) is 0 Å². The normalized spacial score (nSPS) is 11.2. The zero-order valence-electron chi connectivity index (χ0n) is 7.88. The molecule has 0 atom stereocenters. The minimum atomic E-state index is -2.42. The minimum absolute atomic E-state index is 0.113. The van der Waals surface area contributed by atoms with Gasteiger partial charge in [0.15, 0.2) is 0 Å². The van der Waals surface area contributed by atoms with Gasteiger partial charge in [-0.15, -0.1) is 0 Å². The number of hydrogen-bond acceptors (Lipinski definition) is 0. The summed E-state index contributed by atoms with van der Waals surface area (Å²) in [4.78, 5) is 0. The van der Waals surface area contributed by atoms with E-state index in [2.05, 4.69) is 15.9 Å². The Bertz CT molecular complexity index is 480. The van der Waals surface area contributed by atoms with Gasteiger partial charge in [0.05, 0.1) is 0 Å². The van der Waals surface area contributed by atoms with Crippen LogP contribution in [0.15, 0.2) is 36.4 Å². The zero-order chi connectivity index (χ0) is 10.8. The molecule has 78 valence electrons. The summed E-state index contributed by atoms with van der Waals surface area (Å²) in [6, 6.07) is 10.7. The molecular weight excluding hydrogens is 262 g/mol. The molecule has 0 aliphatic rings. The fourth-order valence-electron chi connectivity index (χ4n) is 1.66. The van der Waals surface area contributed by atoms with Crippen LogP contribution in [-0.2, 0) is 5.33 Å². The molecule has 0 bridgehead atoms. The molecule has 0 spiro atoms. The number of halogens is 3. The summed E-state index contributed by atoms with van der Waals surface area (Å²) < 4.78 is 25.6. The largest absolute Gasteiger partial charge is 0.264 e. The molecule has 0 radical (unpaired) electrons. The van der Waals surface area contributed by atoms with Gasteiger partial charge in [-0.1, -0.05) is 46.3 Å². The molecule has 15 heavy (non-hydrogen) atoms. The lowest BCUT2D eigenvalue weighted by Crippen LogP contribution is -1.90. The summed E-state index contributed by atoms with van der Waals surface area (Å²) in [5, 5.41) is 2.10. The van der Waals surface area contributed by atoms with Crippen molar-refractivity contribution < 1.29 is 8.78 Å². The van der Waals surface area contributed by atoms with E-state index >= 15 is 0 Å². The van der Waals surface area contributed by atoms with E-state index in [1.54, 1.807) is 18.2 Å². The Morgan fingerprint density at radius 3 is 2.53 bits per heavy atom. The molecule has 0 heterocycles. The van der Waals surface area contributed by atoms with Gasteiger partial charge in [0, 0.05) is 10.9 Å². The van der Waals surface area contributed by atoms with E-state index in [4.69, 9.17) is 0 Å². The Labute approximate surface area is 95.0 Å². The van der Waals surface area contributed by atoms with Crippen molar-refractivity contribution in [2.24, 2.45) is 0 Å². The Balaban J connectivity index is 2.74. The van der Waals surface area contributed by atoms with Crippen LogP contribution in [0.3, 0.4) is 0 Å². The van der Waals surface area contributed by atoms with Gasteiger partial charge in [-0.25, -0.2) is 8.78 Å². The summed E-state index contributed by atoms with van der Waals surface area (Å²) in [6.07, 6.45) is -2.42. The van der Waals surface area contributed by atoms with E-state index in [1.165, 1.54) is 0 Å². The fourth-order valence-corrected chi connectivity index (χ4v) is 1.99. The first-order valence-electron chi connectivity index (χ1n) is 4.58. The van der Waals surface area contributed by atoms with Crippen LogP contribution in [0.5, 0.6) is 0 Å². The van der Waals surface area contributed by atoms with E-state index in [0.29, 0.717) is 10.7 Å². The van der Waals surface area contributed by atoms with Gasteiger partial charge in [0.1, 0.15) is 0 Å². The van der Waals surface area contributed by atoms with E-state index in [-0.39, 0.29) is 5.56 Å². The van der Waals surface area contributed by atoms with E-state index in [9.17, 15) is 8.78 Å². The highest BCUT2D eigenvalue weighted by Crippen LogP contribution is 2.29. The second kappa shape index (κ2) is 4.27. The smallest absolute Gasteiger partial charge is 0.205 e. The van der Waals surface area contributed by atoms with Crippen molar-refractivity contribution in [1.29, 1.82) is 0 Å². The van der Waals surface area contributed by atoms with Crippen LogP contribution >= 0.6 is 15.9 Å². The van der Waals surface area contributed by atoms with Crippen LogP contribution in [0.2, 0.25) is 0 Å². The number of rotatable bonds is 2.